The van der Waals surface area contributed by atoms with E-state index in [-0.39, 0.29) is 11.3 Å². The van der Waals surface area contributed by atoms with E-state index in [4.69, 9.17) is 5.73 Å². The summed E-state index contributed by atoms with van der Waals surface area (Å²) in [5.41, 5.74) is 5.29. The first kappa shape index (κ1) is 13.5. The molecule has 0 aromatic rings. The van der Waals surface area contributed by atoms with Crippen LogP contribution in [0, 0.1) is 11.3 Å². The lowest BCUT2D eigenvalue weighted by Gasteiger charge is -2.29. The van der Waals surface area contributed by atoms with Crippen molar-refractivity contribution in [2.45, 2.75) is 58.9 Å². The zero-order valence-corrected chi connectivity index (χ0v) is 10.9. The number of rotatable bonds is 6. The van der Waals surface area contributed by atoms with Gasteiger partial charge in [0.05, 0.1) is 5.41 Å². The maximum atomic E-state index is 11.6. The summed E-state index contributed by atoms with van der Waals surface area (Å²) in [6, 6.07) is 0.460. The maximum absolute atomic E-state index is 11.6. The third-order valence-electron chi connectivity index (χ3n) is 4.34. The third kappa shape index (κ3) is 2.97. The summed E-state index contributed by atoms with van der Waals surface area (Å²) in [4.78, 5) is 11.6. The van der Waals surface area contributed by atoms with E-state index in [0.717, 1.165) is 38.6 Å². The van der Waals surface area contributed by atoms with Gasteiger partial charge in [-0.15, -0.1) is 0 Å². The predicted molar refractivity (Wildman–Crippen MR) is 67.0 cm³/mol. The molecule has 16 heavy (non-hydrogen) atoms. The molecule has 3 heteroatoms. The molecule has 3 N–H and O–H groups in total. The van der Waals surface area contributed by atoms with Gasteiger partial charge in [0, 0.05) is 12.6 Å². The van der Waals surface area contributed by atoms with Crippen molar-refractivity contribution in [3.8, 4) is 0 Å². The molecule has 3 nitrogen and oxygen atoms in total. The van der Waals surface area contributed by atoms with Gasteiger partial charge in [-0.3, -0.25) is 4.79 Å². The van der Waals surface area contributed by atoms with E-state index in [0.29, 0.717) is 12.0 Å². The van der Waals surface area contributed by atoms with Crippen molar-refractivity contribution in [2.24, 2.45) is 17.1 Å². The van der Waals surface area contributed by atoms with Crippen molar-refractivity contribution in [2.75, 3.05) is 6.54 Å². The van der Waals surface area contributed by atoms with Crippen LogP contribution in [0.3, 0.4) is 0 Å². The van der Waals surface area contributed by atoms with E-state index in [9.17, 15) is 4.79 Å². The first-order valence-corrected chi connectivity index (χ1v) is 6.55. The topological polar surface area (TPSA) is 55.1 Å². The highest BCUT2D eigenvalue weighted by Crippen LogP contribution is 2.37. The van der Waals surface area contributed by atoms with E-state index in [1.54, 1.807) is 0 Å². The Kier molecular flexibility index (Phi) is 4.78. The van der Waals surface area contributed by atoms with Crippen LogP contribution in [0.15, 0.2) is 0 Å². The van der Waals surface area contributed by atoms with E-state index in [1.165, 1.54) is 0 Å². The van der Waals surface area contributed by atoms with Crippen molar-refractivity contribution in [1.82, 2.24) is 5.32 Å². The quantitative estimate of drug-likeness (QED) is 0.728. The smallest absolute Gasteiger partial charge is 0.224 e. The fourth-order valence-corrected chi connectivity index (χ4v) is 2.47. The second kappa shape index (κ2) is 5.67. The fraction of sp³-hybridized carbons (Fsp3) is 0.923. The summed E-state index contributed by atoms with van der Waals surface area (Å²) in [7, 11) is 0. The van der Waals surface area contributed by atoms with Crippen molar-refractivity contribution in [1.29, 1.82) is 0 Å². The Morgan fingerprint density at radius 3 is 2.38 bits per heavy atom. The molecule has 1 aliphatic rings. The average Bonchev–Trinajstić information content (AvgIpc) is 2.74. The van der Waals surface area contributed by atoms with Gasteiger partial charge >= 0.3 is 0 Å². The summed E-state index contributed by atoms with van der Waals surface area (Å²) in [5.74, 6) is 0.528. The lowest BCUT2D eigenvalue weighted by atomic mass is 9.84. The Morgan fingerprint density at radius 2 is 1.94 bits per heavy atom. The predicted octanol–water partition coefficient (Wildman–Crippen LogP) is 2.06. The van der Waals surface area contributed by atoms with Crippen LogP contribution in [0.4, 0.5) is 0 Å². The largest absolute Gasteiger partial charge is 0.369 e. The average molecular weight is 226 g/mol. The Balaban J connectivity index is 2.48. The van der Waals surface area contributed by atoms with Crippen LogP contribution in [0.1, 0.15) is 52.9 Å². The van der Waals surface area contributed by atoms with Crippen molar-refractivity contribution >= 4 is 5.91 Å². The number of nitrogens with one attached hydrogen (secondary N) is 1. The third-order valence-corrected chi connectivity index (χ3v) is 4.34. The Hall–Kier alpha value is -0.570. The molecule has 0 aromatic heterocycles. The molecule has 0 radical (unpaired) electrons. The standard InChI is InChI=1S/C13H26N2O/c1-4-10(2)11(3)15-9-13(12(14)16)7-5-6-8-13/h10-11,15H,4-9H2,1-3H3,(H2,14,16). The molecule has 0 bridgehead atoms. The van der Waals surface area contributed by atoms with Crippen LogP contribution in [0.25, 0.3) is 0 Å². The number of carbonyl (C=O) groups is 1. The van der Waals surface area contributed by atoms with Crippen LogP contribution in [0.5, 0.6) is 0 Å². The zero-order chi connectivity index (χ0) is 12.2. The van der Waals surface area contributed by atoms with Crippen LogP contribution >= 0.6 is 0 Å². The number of amides is 1. The summed E-state index contributed by atoms with van der Waals surface area (Å²) in [6.07, 6.45) is 5.37. The molecular weight excluding hydrogens is 200 g/mol. The summed E-state index contributed by atoms with van der Waals surface area (Å²) in [6.45, 7) is 7.39. The lowest BCUT2D eigenvalue weighted by Crippen LogP contribution is -2.46. The normalized spacial score (nSPS) is 22.9. The molecule has 94 valence electrons. The number of carbonyl (C=O) groups excluding carboxylic acids is 1. The molecule has 0 heterocycles. The molecule has 0 saturated heterocycles. The van der Waals surface area contributed by atoms with E-state index in [1.807, 2.05) is 0 Å². The van der Waals surface area contributed by atoms with Crippen molar-refractivity contribution < 1.29 is 4.79 Å². The van der Waals surface area contributed by atoms with E-state index in [2.05, 4.69) is 26.1 Å². The number of hydrogen-bond donors (Lipinski definition) is 2. The van der Waals surface area contributed by atoms with E-state index < -0.39 is 0 Å². The molecule has 1 fully saturated rings. The molecule has 0 spiro atoms. The highest BCUT2D eigenvalue weighted by Gasteiger charge is 2.39. The molecule has 0 aliphatic heterocycles. The monoisotopic (exact) mass is 226 g/mol. The van der Waals surface area contributed by atoms with Gasteiger partial charge < -0.3 is 11.1 Å². The van der Waals surface area contributed by atoms with Crippen molar-refractivity contribution in [3.63, 3.8) is 0 Å². The van der Waals surface area contributed by atoms with E-state index >= 15 is 0 Å². The summed E-state index contributed by atoms with van der Waals surface area (Å²) < 4.78 is 0. The number of nitrogens with two attached hydrogens (primary N) is 1. The van der Waals surface area contributed by atoms with Crippen LogP contribution in [-0.4, -0.2) is 18.5 Å². The summed E-state index contributed by atoms with van der Waals surface area (Å²) >= 11 is 0. The minimum absolute atomic E-state index is 0.117. The molecule has 0 aromatic carbocycles. The Morgan fingerprint density at radius 1 is 1.38 bits per heavy atom. The van der Waals surface area contributed by atoms with Gasteiger partial charge in [0.1, 0.15) is 0 Å². The van der Waals surface area contributed by atoms with Crippen molar-refractivity contribution in [3.05, 3.63) is 0 Å². The van der Waals surface area contributed by atoms with Crippen LogP contribution in [-0.2, 0) is 4.79 Å². The minimum Gasteiger partial charge on any atom is -0.369 e. The SMILES string of the molecule is CCC(C)C(C)NCC1(C(N)=O)CCCC1. The lowest BCUT2D eigenvalue weighted by molar-refractivity contribution is -0.127. The second-order valence-electron chi connectivity index (χ2n) is 5.41. The maximum Gasteiger partial charge on any atom is 0.224 e. The fourth-order valence-electron chi connectivity index (χ4n) is 2.47. The highest BCUT2D eigenvalue weighted by molar-refractivity contribution is 5.81. The van der Waals surface area contributed by atoms with Gasteiger partial charge in [0.15, 0.2) is 0 Å². The van der Waals surface area contributed by atoms with Crippen LogP contribution < -0.4 is 11.1 Å². The van der Waals surface area contributed by atoms with Gasteiger partial charge in [-0.05, 0) is 25.7 Å². The summed E-state index contributed by atoms with van der Waals surface area (Å²) in [5, 5.41) is 3.50. The Bertz CT molecular complexity index is 234. The molecule has 1 amide bonds. The first-order valence-electron chi connectivity index (χ1n) is 6.55. The zero-order valence-electron chi connectivity index (χ0n) is 10.9. The molecule has 1 aliphatic carbocycles. The first-order chi connectivity index (χ1) is 7.52. The van der Waals surface area contributed by atoms with Gasteiger partial charge in [-0.25, -0.2) is 0 Å². The molecular formula is C13H26N2O. The molecule has 1 rings (SSSR count). The number of hydrogen-bond acceptors (Lipinski definition) is 2. The minimum atomic E-state index is -0.262. The molecule has 2 atom stereocenters. The molecule has 1 saturated carbocycles. The van der Waals surface area contributed by atoms with Crippen LogP contribution in [0.2, 0.25) is 0 Å². The second-order valence-corrected chi connectivity index (χ2v) is 5.41. The van der Waals surface area contributed by atoms with Gasteiger partial charge in [0.25, 0.3) is 0 Å². The Labute approximate surface area is 99.2 Å². The van der Waals surface area contributed by atoms with Gasteiger partial charge in [-0.2, -0.15) is 0 Å². The highest BCUT2D eigenvalue weighted by atomic mass is 16.1. The number of primary amides is 1. The van der Waals surface area contributed by atoms with Gasteiger partial charge in [0.2, 0.25) is 5.91 Å². The molecule has 2 unspecified atom stereocenters. The van der Waals surface area contributed by atoms with Gasteiger partial charge in [-0.1, -0.05) is 33.1 Å².